The first-order chi connectivity index (χ1) is 12.5. The number of nitrogens with one attached hydrogen (secondary N) is 2. The third-order valence-electron chi connectivity index (χ3n) is 5.02. The van der Waals surface area contributed by atoms with Gasteiger partial charge < -0.3 is 20.4 Å². The van der Waals surface area contributed by atoms with Crippen molar-refractivity contribution in [2.75, 3.05) is 43.4 Å². The lowest BCUT2D eigenvalue weighted by Gasteiger charge is -2.34. The number of likely N-dealkylation sites (N-methyl/N-ethyl adjacent to an activating group) is 1. The molecule has 2 aromatic rings. The van der Waals surface area contributed by atoms with Gasteiger partial charge >= 0.3 is 0 Å². The Morgan fingerprint density at radius 1 is 0.962 bits per heavy atom. The Hall–Kier alpha value is -2.11. The molecule has 2 aromatic carbocycles. The van der Waals surface area contributed by atoms with E-state index in [1.54, 1.807) is 0 Å². The molecule has 0 saturated carbocycles. The van der Waals surface area contributed by atoms with Crippen molar-refractivity contribution >= 4 is 28.7 Å². The summed E-state index contributed by atoms with van der Waals surface area (Å²) in [5, 5.41) is 7.19. The average molecular weight is 369 g/mol. The van der Waals surface area contributed by atoms with Crippen molar-refractivity contribution in [3.63, 3.8) is 0 Å². The SMILES string of the molecule is Cc1ccc(NC(=S)NCc2ccc(N3CCN(C)CC3)cc2)cc1C. The van der Waals surface area contributed by atoms with Crippen molar-refractivity contribution in [2.24, 2.45) is 0 Å². The molecule has 26 heavy (non-hydrogen) atoms. The molecule has 0 aromatic heterocycles. The van der Waals surface area contributed by atoms with Crippen molar-refractivity contribution in [2.45, 2.75) is 20.4 Å². The highest BCUT2D eigenvalue weighted by molar-refractivity contribution is 7.80. The van der Waals surface area contributed by atoms with Gasteiger partial charge in [0.05, 0.1) is 0 Å². The number of rotatable bonds is 4. The Bertz CT molecular complexity index is 749. The van der Waals surface area contributed by atoms with Crippen LogP contribution in [0.25, 0.3) is 0 Å². The molecule has 0 spiro atoms. The summed E-state index contributed by atoms with van der Waals surface area (Å²) in [6.07, 6.45) is 0. The normalized spacial score (nSPS) is 15.0. The van der Waals surface area contributed by atoms with Gasteiger partial charge in [0.15, 0.2) is 5.11 Å². The predicted molar refractivity (Wildman–Crippen MR) is 115 cm³/mol. The van der Waals surface area contributed by atoms with Gasteiger partial charge in [-0.2, -0.15) is 0 Å². The fourth-order valence-corrected chi connectivity index (χ4v) is 3.26. The summed E-state index contributed by atoms with van der Waals surface area (Å²) in [7, 11) is 2.18. The third kappa shape index (κ3) is 4.96. The number of thiocarbonyl (C=S) groups is 1. The molecule has 0 atom stereocenters. The summed E-state index contributed by atoms with van der Waals surface area (Å²) in [6, 6.07) is 15.1. The molecule has 4 nitrogen and oxygen atoms in total. The van der Waals surface area contributed by atoms with Crippen LogP contribution in [0.1, 0.15) is 16.7 Å². The molecule has 0 aliphatic carbocycles. The number of aryl methyl sites for hydroxylation is 2. The Balaban J connectivity index is 1.49. The highest BCUT2D eigenvalue weighted by Crippen LogP contribution is 2.17. The first-order valence-corrected chi connectivity index (χ1v) is 9.56. The molecule has 1 fully saturated rings. The van der Waals surface area contributed by atoms with Crippen molar-refractivity contribution in [1.82, 2.24) is 10.2 Å². The van der Waals surface area contributed by atoms with E-state index in [0.29, 0.717) is 5.11 Å². The molecule has 0 bridgehead atoms. The van der Waals surface area contributed by atoms with Gasteiger partial charge in [-0.05, 0) is 74.1 Å². The number of benzene rings is 2. The second-order valence-corrected chi connectivity index (χ2v) is 7.47. The number of hydrogen-bond donors (Lipinski definition) is 2. The van der Waals surface area contributed by atoms with Crippen LogP contribution in [0.15, 0.2) is 42.5 Å². The Labute approximate surface area is 162 Å². The summed E-state index contributed by atoms with van der Waals surface area (Å²) in [5.41, 5.74) is 6.10. The van der Waals surface area contributed by atoms with Gasteiger partial charge in [0.25, 0.3) is 0 Å². The van der Waals surface area contributed by atoms with Crippen molar-refractivity contribution < 1.29 is 0 Å². The quantitative estimate of drug-likeness (QED) is 0.806. The molecule has 1 heterocycles. The summed E-state index contributed by atoms with van der Waals surface area (Å²) in [5.74, 6) is 0. The van der Waals surface area contributed by atoms with Crippen LogP contribution in [-0.4, -0.2) is 43.2 Å². The van der Waals surface area contributed by atoms with Crippen LogP contribution < -0.4 is 15.5 Å². The highest BCUT2D eigenvalue weighted by Gasteiger charge is 2.13. The third-order valence-corrected chi connectivity index (χ3v) is 5.27. The minimum Gasteiger partial charge on any atom is -0.369 e. The van der Waals surface area contributed by atoms with Crippen LogP contribution in [-0.2, 0) is 6.54 Å². The highest BCUT2D eigenvalue weighted by atomic mass is 32.1. The van der Waals surface area contributed by atoms with Gasteiger partial charge in [-0.1, -0.05) is 18.2 Å². The van der Waals surface area contributed by atoms with Crippen molar-refractivity contribution in [3.8, 4) is 0 Å². The van der Waals surface area contributed by atoms with E-state index in [9.17, 15) is 0 Å². The second kappa shape index (κ2) is 8.52. The van der Waals surface area contributed by atoms with Crippen LogP contribution >= 0.6 is 12.2 Å². The monoisotopic (exact) mass is 368 g/mol. The first kappa shape index (κ1) is 18.7. The number of hydrogen-bond acceptors (Lipinski definition) is 3. The van der Waals surface area contributed by atoms with E-state index in [-0.39, 0.29) is 0 Å². The van der Waals surface area contributed by atoms with Gasteiger partial charge in [-0.15, -0.1) is 0 Å². The number of piperazine rings is 1. The summed E-state index contributed by atoms with van der Waals surface area (Å²) in [6.45, 7) is 9.39. The molecule has 2 N–H and O–H groups in total. The molecule has 0 radical (unpaired) electrons. The molecular weight excluding hydrogens is 340 g/mol. The van der Waals surface area contributed by atoms with Gasteiger partial charge in [-0.3, -0.25) is 0 Å². The minimum atomic E-state index is 0.649. The smallest absolute Gasteiger partial charge is 0.171 e. The van der Waals surface area contributed by atoms with Gasteiger partial charge in [0, 0.05) is 44.1 Å². The molecule has 0 amide bonds. The molecule has 138 valence electrons. The lowest BCUT2D eigenvalue weighted by atomic mass is 10.1. The Morgan fingerprint density at radius 2 is 1.65 bits per heavy atom. The second-order valence-electron chi connectivity index (χ2n) is 7.06. The largest absolute Gasteiger partial charge is 0.369 e. The van der Waals surface area contributed by atoms with Crippen LogP contribution in [0.2, 0.25) is 0 Å². The van der Waals surface area contributed by atoms with E-state index in [0.717, 1.165) is 38.4 Å². The maximum Gasteiger partial charge on any atom is 0.171 e. The lowest BCUT2D eigenvalue weighted by Crippen LogP contribution is -2.44. The van der Waals surface area contributed by atoms with Gasteiger partial charge in [-0.25, -0.2) is 0 Å². The summed E-state index contributed by atoms with van der Waals surface area (Å²) >= 11 is 5.42. The van der Waals surface area contributed by atoms with Gasteiger partial charge in [0.1, 0.15) is 0 Å². The fraction of sp³-hybridized carbons (Fsp3) is 0.381. The fourth-order valence-electron chi connectivity index (χ4n) is 3.07. The van der Waals surface area contributed by atoms with E-state index in [1.807, 2.05) is 0 Å². The zero-order valence-electron chi connectivity index (χ0n) is 15.9. The molecule has 1 saturated heterocycles. The zero-order chi connectivity index (χ0) is 18.5. The van der Waals surface area contributed by atoms with Crippen molar-refractivity contribution in [3.05, 3.63) is 59.2 Å². The molecule has 1 aliphatic rings. The van der Waals surface area contributed by atoms with Crippen LogP contribution in [0.5, 0.6) is 0 Å². The average Bonchev–Trinajstić information content (AvgIpc) is 2.64. The predicted octanol–water partition coefficient (Wildman–Crippen LogP) is 3.54. The molecule has 0 unspecified atom stereocenters. The van der Waals surface area contributed by atoms with Crippen LogP contribution in [0.4, 0.5) is 11.4 Å². The molecular formula is C21H28N4S. The maximum absolute atomic E-state index is 5.42. The Morgan fingerprint density at radius 3 is 2.31 bits per heavy atom. The Kier molecular flexibility index (Phi) is 6.12. The standard InChI is InChI=1S/C21H28N4S/c1-16-4-7-19(14-17(16)2)23-21(26)22-15-18-5-8-20(9-6-18)25-12-10-24(3)11-13-25/h4-9,14H,10-13,15H2,1-3H3,(H2,22,23,26). The van der Waals surface area contributed by atoms with Crippen LogP contribution in [0, 0.1) is 13.8 Å². The molecule has 1 aliphatic heterocycles. The van der Waals surface area contributed by atoms with E-state index < -0.39 is 0 Å². The summed E-state index contributed by atoms with van der Waals surface area (Å²) in [4.78, 5) is 4.82. The van der Waals surface area contributed by atoms with Gasteiger partial charge in [0.2, 0.25) is 0 Å². The minimum absolute atomic E-state index is 0.649. The topological polar surface area (TPSA) is 30.5 Å². The zero-order valence-corrected chi connectivity index (χ0v) is 16.7. The summed E-state index contributed by atoms with van der Waals surface area (Å²) < 4.78 is 0. The van der Waals surface area contributed by atoms with Crippen LogP contribution in [0.3, 0.4) is 0 Å². The molecule has 5 heteroatoms. The van der Waals surface area contributed by atoms with E-state index in [1.165, 1.54) is 22.4 Å². The van der Waals surface area contributed by atoms with E-state index >= 15 is 0 Å². The van der Waals surface area contributed by atoms with E-state index in [4.69, 9.17) is 12.2 Å². The van der Waals surface area contributed by atoms with E-state index in [2.05, 4.69) is 83.8 Å². The van der Waals surface area contributed by atoms with Crippen molar-refractivity contribution in [1.29, 1.82) is 0 Å². The first-order valence-electron chi connectivity index (χ1n) is 9.16. The maximum atomic E-state index is 5.42. The number of anilines is 2. The molecule has 3 rings (SSSR count). The lowest BCUT2D eigenvalue weighted by molar-refractivity contribution is 0.313. The number of nitrogens with zero attached hydrogens (tertiary/aromatic N) is 2.